The summed E-state index contributed by atoms with van der Waals surface area (Å²) in [6.45, 7) is 10.0. The number of nitrogens with zero attached hydrogens (tertiary/aromatic N) is 2. The molecule has 0 aromatic carbocycles. The minimum atomic E-state index is 0.509. The van der Waals surface area contributed by atoms with E-state index in [1.165, 1.54) is 36.9 Å². The van der Waals surface area contributed by atoms with Crippen molar-refractivity contribution in [1.29, 1.82) is 0 Å². The highest BCUT2D eigenvalue weighted by atomic mass is 15.3. The van der Waals surface area contributed by atoms with Gasteiger partial charge in [-0.05, 0) is 38.5 Å². The molecule has 0 spiro atoms. The summed E-state index contributed by atoms with van der Waals surface area (Å²) in [5.74, 6) is 0. The number of rotatable bonds is 3. The second-order valence-corrected chi connectivity index (χ2v) is 6.61. The van der Waals surface area contributed by atoms with E-state index in [2.05, 4.69) is 38.1 Å². The predicted octanol–water partition coefficient (Wildman–Crippen LogP) is 3.10. The summed E-state index contributed by atoms with van der Waals surface area (Å²) in [4.78, 5) is 0. The van der Waals surface area contributed by atoms with Crippen molar-refractivity contribution >= 4 is 0 Å². The Kier molecular flexibility index (Phi) is 3.81. The Labute approximate surface area is 111 Å². The van der Waals surface area contributed by atoms with Crippen LogP contribution in [-0.2, 0) is 13.6 Å². The van der Waals surface area contributed by atoms with Crippen molar-refractivity contribution in [3.63, 3.8) is 0 Å². The summed E-state index contributed by atoms with van der Waals surface area (Å²) in [5, 5.41) is 8.21. The molecule has 1 unspecified atom stereocenters. The van der Waals surface area contributed by atoms with Crippen LogP contribution in [0.15, 0.2) is 0 Å². The molecule has 1 aliphatic rings. The number of hydrogen-bond acceptors (Lipinski definition) is 2. The fourth-order valence-corrected chi connectivity index (χ4v) is 3.19. The van der Waals surface area contributed by atoms with E-state index < -0.39 is 0 Å². The normalized spacial score (nSPS) is 23.3. The summed E-state index contributed by atoms with van der Waals surface area (Å²) in [7, 11) is 2.02. The van der Waals surface area contributed by atoms with Gasteiger partial charge in [-0.2, -0.15) is 5.10 Å². The Hall–Kier alpha value is -0.830. The zero-order valence-electron chi connectivity index (χ0n) is 12.5. The third-order valence-electron chi connectivity index (χ3n) is 4.43. The first-order valence-corrected chi connectivity index (χ1v) is 7.11. The molecule has 0 radical (unpaired) electrons. The maximum absolute atomic E-state index is 4.48. The molecule has 1 aromatic rings. The van der Waals surface area contributed by atoms with Crippen molar-refractivity contribution in [3.8, 4) is 0 Å². The molecule has 1 aliphatic carbocycles. The summed E-state index contributed by atoms with van der Waals surface area (Å²) in [6, 6.07) is 0.674. The Morgan fingerprint density at radius 2 is 2.11 bits per heavy atom. The van der Waals surface area contributed by atoms with Gasteiger partial charge in [-0.15, -0.1) is 0 Å². The SMILES string of the molecule is Cc1nn(C)c(C)c1CNC1CCCC(C)(C)C1. The van der Waals surface area contributed by atoms with Crippen LogP contribution in [-0.4, -0.2) is 15.8 Å². The molecule has 1 atom stereocenters. The molecule has 3 heteroatoms. The molecule has 18 heavy (non-hydrogen) atoms. The summed E-state index contributed by atoms with van der Waals surface area (Å²) < 4.78 is 1.98. The van der Waals surface area contributed by atoms with E-state index in [4.69, 9.17) is 0 Å². The largest absolute Gasteiger partial charge is 0.310 e. The maximum atomic E-state index is 4.48. The highest BCUT2D eigenvalue weighted by Gasteiger charge is 2.27. The smallest absolute Gasteiger partial charge is 0.0641 e. The number of hydrogen-bond donors (Lipinski definition) is 1. The highest BCUT2D eigenvalue weighted by Crippen LogP contribution is 2.35. The average Bonchev–Trinajstić information content (AvgIpc) is 2.50. The molecule has 2 rings (SSSR count). The number of aromatic nitrogens is 2. The first kappa shape index (κ1) is 13.6. The van der Waals surface area contributed by atoms with Crippen LogP contribution in [0.25, 0.3) is 0 Å². The molecular weight excluding hydrogens is 222 g/mol. The Morgan fingerprint density at radius 3 is 2.67 bits per heavy atom. The van der Waals surface area contributed by atoms with Crippen molar-refractivity contribution in [3.05, 3.63) is 17.0 Å². The van der Waals surface area contributed by atoms with Crippen molar-refractivity contribution in [2.24, 2.45) is 12.5 Å². The van der Waals surface area contributed by atoms with E-state index >= 15 is 0 Å². The molecule has 0 aliphatic heterocycles. The third kappa shape index (κ3) is 2.94. The van der Waals surface area contributed by atoms with Crippen LogP contribution in [0.4, 0.5) is 0 Å². The highest BCUT2D eigenvalue weighted by molar-refractivity contribution is 5.24. The lowest BCUT2D eigenvalue weighted by atomic mass is 9.75. The molecular formula is C15H27N3. The molecule has 1 aromatic heterocycles. The van der Waals surface area contributed by atoms with E-state index in [1.54, 1.807) is 0 Å². The van der Waals surface area contributed by atoms with Gasteiger partial charge in [0.05, 0.1) is 5.69 Å². The molecule has 1 heterocycles. The fourth-order valence-electron chi connectivity index (χ4n) is 3.19. The first-order valence-electron chi connectivity index (χ1n) is 7.11. The first-order chi connectivity index (χ1) is 8.39. The van der Waals surface area contributed by atoms with Gasteiger partial charge in [0.2, 0.25) is 0 Å². The van der Waals surface area contributed by atoms with Crippen LogP contribution >= 0.6 is 0 Å². The van der Waals surface area contributed by atoms with E-state index in [0.717, 1.165) is 12.2 Å². The average molecular weight is 249 g/mol. The van der Waals surface area contributed by atoms with E-state index in [9.17, 15) is 0 Å². The van der Waals surface area contributed by atoms with E-state index in [1.807, 2.05) is 11.7 Å². The second kappa shape index (κ2) is 5.04. The second-order valence-electron chi connectivity index (χ2n) is 6.61. The van der Waals surface area contributed by atoms with Crippen LogP contribution in [0.3, 0.4) is 0 Å². The standard InChI is InChI=1S/C15H27N3/c1-11-14(12(2)18(5)17-11)10-16-13-7-6-8-15(3,4)9-13/h13,16H,6-10H2,1-5H3. The van der Waals surface area contributed by atoms with Crippen molar-refractivity contribution in [2.75, 3.05) is 0 Å². The quantitative estimate of drug-likeness (QED) is 0.892. The van der Waals surface area contributed by atoms with E-state index in [-0.39, 0.29) is 0 Å². The van der Waals surface area contributed by atoms with Crippen LogP contribution in [0, 0.1) is 19.3 Å². The summed E-state index contributed by atoms with van der Waals surface area (Å²) >= 11 is 0. The van der Waals surface area contributed by atoms with Crippen LogP contribution in [0.2, 0.25) is 0 Å². The van der Waals surface area contributed by atoms with Gasteiger partial charge in [-0.3, -0.25) is 4.68 Å². The van der Waals surface area contributed by atoms with Crippen LogP contribution in [0.5, 0.6) is 0 Å². The van der Waals surface area contributed by atoms with Gasteiger partial charge in [-0.1, -0.05) is 20.3 Å². The van der Waals surface area contributed by atoms with Crippen LogP contribution in [0.1, 0.15) is 56.5 Å². The number of aryl methyl sites for hydroxylation is 2. The molecule has 0 saturated heterocycles. The fraction of sp³-hybridized carbons (Fsp3) is 0.800. The summed E-state index contributed by atoms with van der Waals surface area (Å²) in [6.07, 6.45) is 5.35. The Bertz CT molecular complexity index is 418. The zero-order chi connectivity index (χ0) is 13.3. The zero-order valence-corrected chi connectivity index (χ0v) is 12.5. The third-order valence-corrected chi connectivity index (χ3v) is 4.43. The lowest BCUT2D eigenvalue weighted by Gasteiger charge is -2.35. The van der Waals surface area contributed by atoms with Crippen molar-refractivity contribution in [1.82, 2.24) is 15.1 Å². The van der Waals surface area contributed by atoms with Gasteiger partial charge < -0.3 is 5.32 Å². The predicted molar refractivity (Wildman–Crippen MR) is 75.6 cm³/mol. The van der Waals surface area contributed by atoms with Gasteiger partial charge in [0, 0.05) is 30.9 Å². The van der Waals surface area contributed by atoms with Crippen molar-refractivity contribution in [2.45, 2.75) is 66.0 Å². The lowest BCUT2D eigenvalue weighted by molar-refractivity contribution is 0.197. The maximum Gasteiger partial charge on any atom is 0.0641 e. The molecule has 1 saturated carbocycles. The lowest BCUT2D eigenvalue weighted by Crippen LogP contribution is -2.37. The minimum absolute atomic E-state index is 0.509. The Balaban J connectivity index is 1.95. The van der Waals surface area contributed by atoms with Gasteiger partial charge in [0.1, 0.15) is 0 Å². The molecule has 3 nitrogen and oxygen atoms in total. The molecule has 1 fully saturated rings. The topological polar surface area (TPSA) is 29.9 Å². The monoisotopic (exact) mass is 249 g/mol. The molecule has 1 N–H and O–H groups in total. The van der Waals surface area contributed by atoms with Gasteiger partial charge in [-0.25, -0.2) is 0 Å². The molecule has 0 bridgehead atoms. The molecule has 0 amide bonds. The van der Waals surface area contributed by atoms with Gasteiger partial charge >= 0.3 is 0 Å². The Morgan fingerprint density at radius 1 is 1.39 bits per heavy atom. The van der Waals surface area contributed by atoms with Gasteiger partial charge in [0.15, 0.2) is 0 Å². The van der Waals surface area contributed by atoms with E-state index in [0.29, 0.717) is 11.5 Å². The minimum Gasteiger partial charge on any atom is -0.310 e. The van der Waals surface area contributed by atoms with Crippen molar-refractivity contribution < 1.29 is 0 Å². The van der Waals surface area contributed by atoms with Gasteiger partial charge in [0.25, 0.3) is 0 Å². The molecule has 102 valence electrons. The number of nitrogens with one attached hydrogen (secondary N) is 1. The summed E-state index contributed by atoms with van der Waals surface area (Å²) in [5.41, 5.74) is 4.34. The van der Waals surface area contributed by atoms with Crippen LogP contribution < -0.4 is 5.32 Å².